The fourth-order valence-electron chi connectivity index (χ4n) is 4.70. The third-order valence-electron chi connectivity index (χ3n) is 6.69. The maximum Gasteiger partial charge on any atom is 0.126 e. The van der Waals surface area contributed by atoms with Gasteiger partial charge in [-0.3, -0.25) is 0 Å². The van der Waals surface area contributed by atoms with E-state index in [9.17, 15) is 0 Å². The maximum atomic E-state index is 5.94. The van der Waals surface area contributed by atoms with Crippen LogP contribution in [-0.2, 0) is 5.41 Å². The molecule has 0 amide bonds. The van der Waals surface area contributed by atoms with Crippen molar-refractivity contribution in [2.24, 2.45) is 5.92 Å². The number of allylic oxidation sites excluding steroid dienone is 3. The third-order valence-corrected chi connectivity index (χ3v) is 6.69. The first-order valence-electron chi connectivity index (χ1n) is 11.3. The topological polar surface area (TPSA) is 18.5 Å². The van der Waals surface area contributed by atoms with E-state index in [1.165, 1.54) is 54.4 Å². The number of ether oxygens (including phenoxy) is 2. The van der Waals surface area contributed by atoms with Gasteiger partial charge < -0.3 is 9.47 Å². The van der Waals surface area contributed by atoms with E-state index in [1.54, 1.807) is 14.2 Å². The fraction of sp³-hybridized carbons (Fsp3) is 0.630. The maximum absolute atomic E-state index is 5.94. The normalized spacial score (nSPS) is 19.6. The Labute approximate surface area is 179 Å². The van der Waals surface area contributed by atoms with Crippen LogP contribution in [0.1, 0.15) is 96.6 Å². The van der Waals surface area contributed by atoms with Crippen molar-refractivity contribution in [3.63, 3.8) is 0 Å². The highest BCUT2D eigenvalue weighted by atomic mass is 16.5. The fourth-order valence-corrected chi connectivity index (χ4v) is 4.70. The smallest absolute Gasteiger partial charge is 0.126 e. The lowest BCUT2D eigenvalue weighted by Gasteiger charge is -2.34. The van der Waals surface area contributed by atoms with Crippen molar-refractivity contribution < 1.29 is 9.47 Å². The van der Waals surface area contributed by atoms with Crippen molar-refractivity contribution in [1.82, 2.24) is 0 Å². The van der Waals surface area contributed by atoms with Gasteiger partial charge in [0, 0.05) is 11.5 Å². The van der Waals surface area contributed by atoms with Gasteiger partial charge in [-0.05, 0) is 62.1 Å². The minimum Gasteiger partial charge on any atom is -0.496 e. The molecule has 0 saturated carbocycles. The lowest BCUT2D eigenvalue weighted by Crippen LogP contribution is -2.21. The molecule has 1 aromatic carbocycles. The van der Waals surface area contributed by atoms with Crippen LogP contribution in [0.25, 0.3) is 0 Å². The molecule has 0 spiro atoms. The lowest BCUT2D eigenvalue weighted by molar-refractivity contribution is 0.363. The molecule has 2 atom stereocenters. The molecule has 162 valence electrons. The Morgan fingerprint density at radius 2 is 1.72 bits per heavy atom. The second-order valence-electron chi connectivity index (χ2n) is 9.52. The molecule has 2 heteroatoms. The van der Waals surface area contributed by atoms with Crippen molar-refractivity contribution in [2.75, 3.05) is 14.2 Å². The Morgan fingerprint density at radius 3 is 2.24 bits per heavy atom. The highest BCUT2D eigenvalue weighted by molar-refractivity contribution is 5.54. The molecular weight excluding hydrogens is 356 g/mol. The minimum atomic E-state index is 0.0961. The quantitative estimate of drug-likeness (QED) is 0.294. The molecule has 0 aliphatic heterocycles. The van der Waals surface area contributed by atoms with E-state index in [0.29, 0.717) is 5.92 Å². The van der Waals surface area contributed by atoms with Gasteiger partial charge >= 0.3 is 0 Å². The van der Waals surface area contributed by atoms with Crippen LogP contribution in [-0.4, -0.2) is 14.2 Å². The Hall–Kier alpha value is -1.70. The van der Waals surface area contributed by atoms with Crippen LogP contribution in [0.2, 0.25) is 0 Å². The summed E-state index contributed by atoms with van der Waals surface area (Å²) >= 11 is 0. The average molecular weight is 399 g/mol. The molecule has 0 saturated heterocycles. The number of methoxy groups -OCH3 is 2. The highest BCUT2D eigenvalue weighted by Crippen LogP contribution is 2.48. The molecule has 0 radical (unpaired) electrons. The Balaban J connectivity index is 2.47. The van der Waals surface area contributed by atoms with Crippen LogP contribution in [0.5, 0.6) is 11.5 Å². The molecule has 1 aromatic rings. The molecule has 0 aromatic heterocycles. The summed E-state index contributed by atoms with van der Waals surface area (Å²) in [5, 5.41) is 0. The van der Waals surface area contributed by atoms with Crippen LogP contribution < -0.4 is 9.47 Å². The number of hydrogen-bond acceptors (Lipinski definition) is 2. The first kappa shape index (κ1) is 23.6. The SMILES string of the molecule is C=C(C)[C@@H]1CCC(C)=CC1c1c(OC)cc(C(C)(C)CCCCCC)cc1OC. The molecule has 0 bridgehead atoms. The third kappa shape index (κ3) is 5.68. The zero-order chi connectivity index (χ0) is 21.6. The van der Waals surface area contributed by atoms with E-state index in [2.05, 4.69) is 59.4 Å². The van der Waals surface area contributed by atoms with Gasteiger partial charge in [0.15, 0.2) is 0 Å². The summed E-state index contributed by atoms with van der Waals surface area (Å²) in [6.45, 7) is 15.6. The summed E-state index contributed by atoms with van der Waals surface area (Å²) in [7, 11) is 3.57. The second kappa shape index (κ2) is 10.4. The molecule has 0 heterocycles. The predicted octanol–water partition coefficient (Wildman–Crippen LogP) is 7.97. The largest absolute Gasteiger partial charge is 0.496 e. The molecule has 0 N–H and O–H groups in total. The molecule has 1 aliphatic carbocycles. The summed E-state index contributed by atoms with van der Waals surface area (Å²) in [6, 6.07) is 4.51. The van der Waals surface area contributed by atoms with E-state index in [1.807, 2.05) is 0 Å². The number of rotatable bonds is 10. The summed E-state index contributed by atoms with van der Waals surface area (Å²) in [5.41, 5.74) is 5.25. The van der Waals surface area contributed by atoms with Crippen molar-refractivity contribution in [1.29, 1.82) is 0 Å². The molecular formula is C27H42O2. The Bertz CT molecular complexity index is 701. The van der Waals surface area contributed by atoms with E-state index < -0.39 is 0 Å². The second-order valence-corrected chi connectivity index (χ2v) is 9.52. The first-order valence-corrected chi connectivity index (χ1v) is 11.3. The lowest BCUT2D eigenvalue weighted by atomic mass is 9.72. The van der Waals surface area contributed by atoms with Gasteiger partial charge in [0.1, 0.15) is 11.5 Å². The number of unbranched alkanes of at least 4 members (excludes halogenated alkanes) is 3. The van der Waals surface area contributed by atoms with Gasteiger partial charge in [-0.2, -0.15) is 0 Å². The highest BCUT2D eigenvalue weighted by Gasteiger charge is 2.32. The zero-order valence-electron chi connectivity index (χ0n) is 19.9. The molecule has 29 heavy (non-hydrogen) atoms. The summed E-state index contributed by atoms with van der Waals surface area (Å²) < 4.78 is 11.9. The van der Waals surface area contributed by atoms with E-state index in [4.69, 9.17) is 9.47 Å². The molecule has 1 unspecified atom stereocenters. The van der Waals surface area contributed by atoms with Gasteiger partial charge in [-0.25, -0.2) is 0 Å². The van der Waals surface area contributed by atoms with Crippen molar-refractivity contribution >= 4 is 0 Å². The summed E-state index contributed by atoms with van der Waals surface area (Å²) in [6.07, 6.45) is 11.0. The average Bonchev–Trinajstić information content (AvgIpc) is 2.69. The van der Waals surface area contributed by atoms with Crippen molar-refractivity contribution in [2.45, 2.75) is 90.9 Å². The zero-order valence-corrected chi connectivity index (χ0v) is 19.9. The van der Waals surface area contributed by atoms with Gasteiger partial charge in [0.2, 0.25) is 0 Å². The van der Waals surface area contributed by atoms with Crippen LogP contribution in [0.3, 0.4) is 0 Å². The molecule has 2 nitrogen and oxygen atoms in total. The molecule has 2 rings (SSSR count). The van der Waals surface area contributed by atoms with Crippen LogP contribution in [0.15, 0.2) is 35.9 Å². The van der Waals surface area contributed by atoms with Gasteiger partial charge in [-0.1, -0.05) is 70.3 Å². The Morgan fingerprint density at radius 1 is 1.10 bits per heavy atom. The van der Waals surface area contributed by atoms with Crippen LogP contribution in [0, 0.1) is 5.92 Å². The van der Waals surface area contributed by atoms with Gasteiger partial charge in [0.25, 0.3) is 0 Å². The van der Waals surface area contributed by atoms with E-state index in [-0.39, 0.29) is 11.3 Å². The molecule has 0 fully saturated rings. The number of benzene rings is 1. The first-order chi connectivity index (χ1) is 13.7. The summed E-state index contributed by atoms with van der Waals surface area (Å²) in [5.74, 6) is 2.58. The molecule has 1 aliphatic rings. The van der Waals surface area contributed by atoms with Crippen molar-refractivity contribution in [3.8, 4) is 11.5 Å². The standard InChI is InChI=1S/C27H42O2/c1-9-10-11-12-15-27(5,6)21-17-24(28-7)26(25(18-21)29-8)23-16-20(4)13-14-22(23)19(2)3/h16-18,22-23H,2,9-15H2,1,3-8H3/t22-,23?/m0/s1. The number of hydrogen-bond donors (Lipinski definition) is 0. The van der Waals surface area contributed by atoms with Crippen molar-refractivity contribution in [3.05, 3.63) is 47.1 Å². The monoisotopic (exact) mass is 398 g/mol. The minimum absolute atomic E-state index is 0.0961. The Kier molecular flexibility index (Phi) is 8.43. The van der Waals surface area contributed by atoms with Gasteiger partial charge in [0.05, 0.1) is 14.2 Å². The summed E-state index contributed by atoms with van der Waals surface area (Å²) in [4.78, 5) is 0. The van der Waals surface area contributed by atoms with E-state index in [0.717, 1.165) is 24.3 Å². The predicted molar refractivity (Wildman–Crippen MR) is 125 cm³/mol. The van der Waals surface area contributed by atoms with Crippen LogP contribution in [0.4, 0.5) is 0 Å². The van der Waals surface area contributed by atoms with Crippen LogP contribution >= 0.6 is 0 Å². The van der Waals surface area contributed by atoms with Gasteiger partial charge in [-0.15, -0.1) is 0 Å². The van der Waals surface area contributed by atoms with E-state index >= 15 is 0 Å².